The van der Waals surface area contributed by atoms with Crippen LogP contribution in [0.4, 0.5) is 5.69 Å². The smallest absolute Gasteiger partial charge is 0.251 e. The summed E-state index contributed by atoms with van der Waals surface area (Å²) in [5.41, 5.74) is 10.3. The van der Waals surface area contributed by atoms with Gasteiger partial charge in [-0.3, -0.25) is 4.79 Å². The van der Waals surface area contributed by atoms with Crippen LogP contribution in [-0.4, -0.2) is 5.91 Å². The van der Waals surface area contributed by atoms with Crippen LogP contribution in [-0.2, 0) is 0 Å². The van der Waals surface area contributed by atoms with E-state index in [4.69, 9.17) is 5.73 Å². The third-order valence-corrected chi connectivity index (χ3v) is 3.46. The van der Waals surface area contributed by atoms with Gasteiger partial charge in [-0.25, -0.2) is 0 Å². The summed E-state index contributed by atoms with van der Waals surface area (Å²) in [5, 5.41) is 3.00. The van der Waals surface area contributed by atoms with Crippen molar-refractivity contribution in [2.24, 2.45) is 0 Å². The topological polar surface area (TPSA) is 55.1 Å². The molecule has 0 unspecified atom stereocenters. The van der Waals surface area contributed by atoms with Crippen LogP contribution in [0.3, 0.4) is 0 Å². The molecule has 0 aliphatic rings. The number of nitrogen functional groups attached to an aromatic ring is 1. The van der Waals surface area contributed by atoms with Crippen LogP contribution in [0.15, 0.2) is 42.5 Å². The molecule has 2 rings (SSSR count). The Morgan fingerprint density at radius 3 is 2.35 bits per heavy atom. The van der Waals surface area contributed by atoms with Crippen molar-refractivity contribution >= 4 is 11.6 Å². The van der Waals surface area contributed by atoms with Crippen molar-refractivity contribution in [2.75, 3.05) is 5.73 Å². The van der Waals surface area contributed by atoms with Crippen LogP contribution in [0, 0.1) is 13.8 Å². The van der Waals surface area contributed by atoms with E-state index >= 15 is 0 Å². The molecule has 0 saturated heterocycles. The summed E-state index contributed by atoms with van der Waals surface area (Å²) in [6.45, 7) is 5.92. The summed E-state index contributed by atoms with van der Waals surface area (Å²) in [4.78, 5) is 12.2. The lowest BCUT2D eigenvalue weighted by Gasteiger charge is -2.15. The van der Waals surface area contributed by atoms with Crippen LogP contribution in [0.5, 0.6) is 0 Å². The van der Waals surface area contributed by atoms with E-state index in [-0.39, 0.29) is 11.9 Å². The number of hydrogen-bond acceptors (Lipinski definition) is 2. The fraction of sp³-hybridized carbons (Fsp3) is 0.235. The number of carbonyl (C=O) groups excluding carboxylic acids is 1. The lowest BCUT2D eigenvalue weighted by Crippen LogP contribution is -2.26. The normalized spacial score (nSPS) is 11.9. The van der Waals surface area contributed by atoms with Gasteiger partial charge in [-0.05, 0) is 50.1 Å². The standard InChI is InChI=1S/C17H20N2O/c1-11-4-6-14(7-5-11)13(3)19-17(20)15-8-9-16(18)12(2)10-15/h4-10,13H,18H2,1-3H3,(H,19,20)/t13-/m0/s1. The number of carbonyl (C=O) groups is 1. The van der Waals surface area contributed by atoms with Crippen molar-refractivity contribution in [3.8, 4) is 0 Å². The Morgan fingerprint density at radius 2 is 1.75 bits per heavy atom. The Morgan fingerprint density at radius 1 is 1.10 bits per heavy atom. The van der Waals surface area contributed by atoms with Crippen molar-refractivity contribution in [3.05, 3.63) is 64.7 Å². The van der Waals surface area contributed by atoms with Crippen molar-refractivity contribution in [1.29, 1.82) is 0 Å². The van der Waals surface area contributed by atoms with Gasteiger partial charge in [0.1, 0.15) is 0 Å². The average Bonchev–Trinajstić information content (AvgIpc) is 2.42. The molecule has 3 heteroatoms. The molecule has 3 nitrogen and oxygen atoms in total. The monoisotopic (exact) mass is 268 g/mol. The minimum Gasteiger partial charge on any atom is -0.399 e. The predicted octanol–water partition coefficient (Wildman–Crippen LogP) is 3.38. The average molecular weight is 268 g/mol. The number of anilines is 1. The molecule has 20 heavy (non-hydrogen) atoms. The summed E-state index contributed by atoms with van der Waals surface area (Å²) in [7, 11) is 0. The van der Waals surface area contributed by atoms with Crippen LogP contribution < -0.4 is 11.1 Å². The first-order valence-corrected chi connectivity index (χ1v) is 6.71. The van der Waals surface area contributed by atoms with Crippen LogP contribution in [0.25, 0.3) is 0 Å². The van der Waals surface area contributed by atoms with E-state index in [1.54, 1.807) is 12.1 Å². The zero-order chi connectivity index (χ0) is 14.7. The molecule has 3 N–H and O–H groups in total. The van der Waals surface area contributed by atoms with Crippen molar-refractivity contribution in [1.82, 2.24) is 5.32 Å². The highest BCUT2D eigenvalue weighted by Gasteiger charge is 2.11. The van der Waals surface area contributed by atoms with Gasteiger partial charge in [-0.2, -0.15) is 0 Å². The summed E-state index contributed by atoms with van der Waals surface area (Å²) >= 11 is 0. The maximum absolute atomic E-state index is 12.2. The highest BCUT2D eigenvalue weighted by atomic mass is 16.1. The van der Waals surface area contributed by atoms with Gasteiger partial charge in [0.05, 0.1) is 6.04 Å². The van der Waals surface area contributed by atoms with Gasteiger partial charge < -0.3 is 11.1 Å². The van der Waals surface area contributed by atoms with Gasteiger partial charge in [0.2, 0.25) is 0 Å². The quantitative estimate of drug-likeness (QED) is 0.838. The molecular formula is C17H20N2O. The van der Waals surface area contributed by atoms with E-state index in [1.165, 1.54) is 5.56 Å². The molecule has 1 atom stereocenters. The number of aryl methyl sites for hydroxylation is 2. The highest BCUT2D eigenvalue weighted by molar-refractivity contribution is 5.95. The third-order valence-electron chi connectivity index (χ3n) is 3.46. The molecule has 0 bridgehead atoms. The molecule has 0 fully saturated rings. The second-order valence-electron chi connectivity index (χ2n) is 5.18. The number of nitrogens with two attached hydrogens (primary N) is 1. The van der Waals surface area contributed by atoms with Gasteiger partial charge >= 0.3 is 0 Å². The van der Waals surface area contributed by atoms with Crippen molar-refractivity contribution < 1.29 is 4.79 Å². The maximum Gasteiger partial charge on any atom is 0.251 e. The Hall–Kier alpha value is -2.29. The highest BCUT2D eigenvalue weighted by Crippen LogP contribution is 2.16. The van der Waals surface area contributed by atoms with E-state index in [9.17, 15) is 4.79 Å². The second-order valence-corrected chi connectivity index (χ2v) is 5.18. The Kier molecular flexibility index (Phi) is 4.08. The van der Waals surface area contributed by atoms with Crippen LogP contribution in [0.1, 0.15) is 40.0 Å². The summed E-state index contributed by atoms with van der Waals surface area (Å²) in [6, 6.07) is 13.5. The Labute approximate surface area is 119 Å². The molecule has 0 aliphatic heterocycles. The molecule has 0 spiro atoms. The molecule has 0 saturated carbocycles. The van der Waals surface area contributed by atoms with Crippen LogP contribution in [0.2, 0.25) is 0 Å². The first-order chi connectivity index (χ1) is 9.47. The third kappa shape index (κ3) is 3.18. The van der Waals surface area contributed by atoms with E-state index in [0.717, 1.165) is 11.1 Å². The molecule has 0 aromatic heterocycles. The number of amides is 1. The minimum atomic E-state index is -0.0822. The SMILES string of the molecule is Cc1ccc([C@H](C)NC(=O)c2ccc(N)c(C)c2)cc1. The van der Waals surface area contributed by atoms with Gasteiger partial charge in [0.25, 0.3) is 5.91 Å². The van der Waals surface area contributed by atoms with E-state index in [1.807, 2.05) is 51.1 Å². The molecular weight excluding hydrogens is 248 g/mol. The number of hydrogen-bond donors (Lipinski definition) is 2. The van der Waals surface area contributed by atoms with Crippen molar-refractivity contribution in [3.63, 3.8) is 0 Å². The molecule has 0 heterocycles. The van der Waals surface area contributed by atoms with Gasteiger partial charge in [-0.15, -0.1) is 0 Å². The zero-order valence-corrected chi connectivity index (χ0v) is 12.1. The van der Waals surface area contributed by atoms with Crippen LogP contribution >= 0.6 is 0 Å². The predicted molar refractivity (Wildman–Crippen MR) is 82.7 cm³/mol. The minimum absolute atomic E-state index is 0.0269. The lowest BCUT2D eigenvalue weighted by molar-refractivity contribution is 0.0940. The molecule has 1 amide bonds. The Balaban J connectivity index is 2.10. The van der Waals surface area contributed by atoms with Gasteiger partial charge in [-0.1, -0.05) is 29.8 Å². The summed E-state index contributed by atoms with van der Waals surface area (Å²) in [5.74, 6) is -0.0822. The van der Waals surface area contributed by atoms with E-state index < -0.39 is 0 Å². The number of nitrogens with one attached hydrogen (secondary N) is 1. The lowest BCUT2D eigenvalue weighted by atomic mass is 10.1. The molecule has 2 aromatic carbocycles. The first-order valence-electron chi connectivity index (χ1n) is 6.71. The number of benzene rings is 2. The van der Waals surface area contributed by atoms with Gasteiger partial charge in [0, 0.05) is 11.3 Å². The maximum atomic E-state index is 12.2. The van der Waals surface area contributed by atoms with Gasteiger partial charge in [0.15, 0.2) is 0 Å². The first kappa shape index (κ1) is 14.1. The fourth-order valence-corrected chi connectivity index (χ4v) is 2.04. The molecule has 0 aliphatic carbocycles. The van der Waals surface area contributed by atoms with Crippen molar-refractivity contribution in [2.45, 2.75) is 26.8 Å². The summed E-state index contributed by atoms with van der Waals surface area (Å²) < 4.78 is 0. The molecule has 104 valence electrons. The zero-order valence-electron chi connectivity index (χ0n) is 12.1. The molecule has 2 aromatic rings. The number of rotatable bonds is 3. The molecule has 0 radical (unpaired) electrons. The Bertz CT molecular complexity index is 617. The fourth-order valence-electron chi connectivity index (χ4n) is 2.04. The van der Waals surface area contributed by atoms with E-state index in [2.05, 4.69) is 5.32 Å². The summed E-state index contributed by atoms with van der Waals surface area (Å²) in [6.07, 6.45) is 0. The van der Waals surface area contributed by atoms with E-state index in [0.29, 0.717) is 11.3 Å². The largest absolute Gasteiger partial charge is 0.399 e. The second kappa shape index (κ2) is 5.78.